The number of fused-ring (bicyclic) bond motifs is 1. The molecule has 0 saturated heterocycles. The fourth-order valence-electron chi connectivity index (χ4n) is 3.27. The van der Waals surface area contributed by atoms with Gasteiger partial charge in [-0.1, -0.05) is 17.8 Å². The molecule has 3 aromatic rings. The van der Waals surface area contributed by atoms with Gasteiger partial charge in [-0.05, 0) is 77.7 Å². The predicted octanol–water partition coefficient (Wildman–Crippen LogP) is 3.14. The molecular formula is C20H19N5O2S. The van der Waals surface area contributed by atoms with Crippen molar-refractivity contribution in [2.24, 2.45) is 0 Å². The largest absolute Gasteiger partial charge is 0.326 e. The van der Waals surface area contributed by atoms with E-state index in [1.165, 1.54) is 11.8 Å². The molecule has 1 N–H and O–H groups in total. The molecular weight excluding hydrogens is 374 g/mol. The highest BCUT2D eigenvalue weighted by atomic mass is 32.2. The van der Waals surface area contributed by atoms with Crippen molar-refractivity contribution in [2.45, 2.75) is 31.8 Å². The highest BCUT2D eigenvalue weighted by Crippen LogP contribution is 2.25. The van der Waals surface area contributed by atoms with Gasteiger partial charge in [-0.3, -0.25) is 9.59 Å². The van der Waals surface area contributed by atoms with Crippen LogP contribution in [0.2, 0.25) is 0 Å². The molecule has 28 heavy (non-hydrogen) atoms. The Hall–Kier alpha value is -3.00. The number of carbonyl (C=O) groups is 2. The van der Waals surface area contributed by atoms with E-state index in [2.05, 4.69) is 26.9 Å². The van der Waals surface area contributed by atoms with E-state index in [0.717, 1.165) is 28.1 Å². The molecule has 0 fully saturated rings. The van der Waals surface area contributed by atoms with Crippen molar-refractivity contribution in [1.82, 2.24) is 20.2 Å². The molecule has 0 radical (unpaired) electrons. The van der Waals surface area contributed by atoms with E-state index in [1.807, 2.05) is 32.0 Å². The number of nitrogens with zero attached hydrogens (tertiary/aromatic N) is 4. The lowest BCUT2D eigenvalue weighted by molar-refractivity contribution is -0.116. The molecule has 0 aliphatic carbocycles. The Morgan fingerprint density at radius 1 is 1.14 bits per heavy atom. The van der Waals surface area contributed by atoms with Crippen molar-refractivity contribution < 1.29 is 9.59 Å². The second-order valence-electron chi connectivity index (χ2n) is 6.85. The maximum absolute atomic E-state index is 12.7. The number of anilines is 1. The zero-order chi connectivity index (χ0) is 19.7. The minimum Gasteiger partial charge on any atom is -0.326 e. The SMILES string of the molecule is Cc1cc(C)cc(-n2nnnc2SCC(=O)c2ccc3c(c2)CCC(=O)N3)c1. The summed E-state index contributed by atoms with van der Waals surface area (Å²) in [7, 11) is 0. The summed E-state index contributed by atoms with van der Waals surface area (Å²) in [5.41, 5.74) is 5.54. The number of nitrogens with one attached hydrogen (secondary N) is 1. The monoisotopic (exact) mass is 393 g/mol. The van der Waals surface area contributed by atoms with E-state index in [9.17, 15) is 9.59 Å². The summed E-state index contributed by atoms with van der Waals surface area (Å²) in [6.07, 6.45) is 1.10. The van der Waals surface area contributed by atoms with Crippen LogP contribution in [0.4, 0.5) is 5.69 Å². The Morgan fingerprint density at radius 3 is 2.71 bits per heavy atom. The molecule has 2 aromatic carbocycles. The van der Waals surface area contributed by atoms with Gasteiger partial charge in [-0.15, -0.1) is 5.10 Å². The summed E-state index contributed by atoms with van der Waals surface area (Å²) in [6.45, 7) is 4.05. The Bertz CT molecular complexity index is 1060. The maximum atomic E-state index is 12.7. The first-order valence-corrected chi connectivity index (χ1v) is 9.94. The van der Waals surface area contributed by atoms with Gasteiger partial charge in [0.1, 0.15) is 0 Å². The van der Waals surface area contributed by atoms with Gasteiger partial charge in [-0.25, -0.2) is 0 Å². The van der Waals surface area contributed by atoms with Crippen LogP contribution in [0.15, 0.2) is 41.6 Å². The van der Waals surface area contributed by atoms with Crippen molar-refractivity contribution in [1.29, 1.82) is 0 Å². The molecule has 7 nitrogen and oxygen atoms in total. The number of aryl methyl sites for hydroxylation is 3. The minimum atomic E-state index is -0.000303. The van der Waals surface area contributed by atoms with Crippen LogP contribution in [0.3, 0.4) is 0 Å². The van der Waals surface area contributed by atoms with E-state index >= 15 is 0 Å². The van der Waals surface area contributed by atoms with Crippen LogP contribution in [-0.4, -0.2) is 37.7 Å². The Morgan fingerprint density at radius 2 is 1.93 bits per heavy atom. The van der Waals surface area contributed by atoms with Gasteiger partial charge in [0.2, 0.25) is 11.1 Å². The average molecular weight is 393 g/mol. The number of hydrogen-bond donors (Lipinski definition) is 1. The summed E-state index contributed by atoms with van der Waals surface area (Å²) >= 11 is 1.31. The number of thioether (sulfide) groups is 1. The highest BCUT2D eigenvalue weighted by molar-refractivity contribution is 7.99. The van der Waals surface area contributed by atoms with Crippen molar-refractivity contribution in [3.63, 3.8) is 0 Å². The first kappa shape index (κ1) is 18.4. The van der Waals surface area contributed by atoms with Crippen molar-refractivity contribution in [3.8, 4) is 5.69 Å². The molecule has 1 aromatic heterocycles. The van der Waals surface area contributed by atoms with Gasteiger partial charge in [0.25, 0.3) is 0 Å². The zero-order valence-electron chi connectivity index (χ0n) is 15.6. The molecule has 0 saturated carbocycles. The lowest BCUT2D eigenvalue weighted by Gasteiger charge is -2.17. The molecule has 1 aliphatic rings. The van der Waals surface area contributed by atoms with Gasteiger partial charge in [0.05, 0.1) is 11.4 Å². The highest BCUT2D eigenvalue weighted by Gasteiger charge is 2.18. The lowest BCUT2D eigenvalue weighted by Crippen LogP contribution is -2.19. The summed E-state index contributed by atoms with van der Waals surface area (Å²) in [5.74, 6) is 0.246. The van der Waals surface area contributed by atoms with Crippen LogP contribution in [0, 0.1) is 13.8 Å². The summed E-state index contributed by atoms with van der Waals surface area (Å²) in [4.78, 5) is 24.1. The molecule has 8 heteroatoms. The summed E-state index contributed by atoms with van der Waals surface area (Å²) in [6, 6.07) is 11.5. The van der Waals surface area contributed by atoms with Crippen LogP contribution in [0.5, 0.6) is 0 Å². The van der Waals surface area contributed by atoms with Crippen LogP contribution in [0.25, 0.3) is 5.69 Å². The van der Waals surface area contributed by atoms with Crippen molar-refractivity contribution >= 4 is 29.1 Å². The van der Waals surface area contributed by atoms with Gasteiger partial charge >= 0.3 is 0 Å². The summed E-state index contributed by atoms with van der Waals surface area (Å²) in [5, 5.41) is 15.3. The first-order valence-electron chi connectivity index (χ1n) is 8.95. The topological polar surface area (TPSA) is 89.8 Å². The fourth-order valence-corrected chi connectivity index (χ4v) is 4.06. The molecule has 0 unspecified atom stereocenters. The molecule has 1 amide bonds. The van der Waals surface area contributed by atoms with Gasteiger partial charge in [-0.2, -0.15) is 4.68 Å². The minimum absolute atomic E-state index is 0.000303. The van der Waals surface area contributed by atoms with Crippen LogP contribution in [0.1, 0.15) is 33.5 Å². The quantitative estimate of drug-likeness (QED) is 0.529. The van der Waals surface area contributed by atoms with E-state index in [4.69, 9.17) is 0 Å². The number of aromatic nitrogens is 4. The third kappa shape index (κ3) is 3.82. The van der Waals surface area contributed by atoms with Crippen LogP contribution in [-0.2, 0) is 11.2 Å². The van der Waals surface area contributed by atoms with Crippen molar-refractivity contribution in [2.75, 3.05) is 11.1 Å². The number of Topliss-reactive ketones (excluding diaryl/α,β-unsaturated/α-hetero) is 1. The third-order valence-electron chi connectivity index (χ3n) is 4.55. The number of rotatable bonds is 5. The van der Waals surface area contributed by atoms with Crippen LogP contribution >= 0.6 is 11.8 Å². The number of hydrogen-bond acceptors (Lipinski definition) is 6. The molecule has 4 rings (SSSR count). The second kappa shape index (κ2) is 7.55. The van der Waals surface area contributed by atoms with Crippen molar-refractivity contribution in [3.05, 3.63) is 58.7 Å². The normalized spacial score (nSPS) is 13.1. The fraction of sp³-hybridized carbons (Fsp3) is 0.250. The smallest absolute Gasteiger partial charge is 0.224 e. The molecule has 0 atom stereocenters. The van der Waals surface area contributed by atoms with E-state index in [1.54, 1.807) is 16.8 Å². The third-order valence-corrected chi connectivity index (χ3v) is 5.47. The second-order valence-corrected chi connectivity index (χ2v) is 7.79. The van der Waals surface area contributed by atoms with E-state index < -0.39 is 0 Å². The number of benzene rings is 2. The van der Waals surface area contributed by atoms with E-state index in [-0.39, 0.29) is 17.4 Å². The Labute approximate surface area is 166 Å². The summed E-state index contributed by atoms with van der Waals surface area (Å²) < 4.78 is 1.65. The Balaban J connectivity index is 1.49. The molecule has 0 spiro atoms. The number of tetrazole rings is 1. The Kier molecular flexibility index (Phi) is 4.95. The first-order chi connectivity index (χ1) is 13.5. The standard InChI is InChI=1S/C20H19N5O2S/c1-12-7-13(2)9-16(8-12)25-20(22-23-24-25)28-11-18(26)15-3-5-17-14(10-15)4-6-19(27)21-17/h3,5,7-10H,4,6,11H2,1-2H3,(H,21,27). The van der Waals surface area contributed by atoms with Crippen LogP contribution < -0.4 is 5.32 Å². The predicted molar refractivity (Wildman–Crippen MR) is 107 cm³/mol. The van der Waals surface area contributed by atoms with E-state index in [0.29, 0.717) is 23.6 Å². The molecule has 0 bridgehead atoms. The van der Waals surface area contributed by atoms with Gasteiger partial charge in [0.15, 0.2) is 5.78 Å². The molecule has 142 valence electrons. The van der Waals surface area contributed by atoms with Gasteiger partial charge < -0.3 is 5.32 Å². The molecule has 1 aliphatic heterocycles. The number of ketones is 1. The maximum Gasteiger partial charge on any atom is 0.224 e. The zero-order valence-corrected chi connectivity index (χ0v) is 16.4. The lowest BCUT2D eigenvalue weighted by atomic mass is 9.99. The molecule has 2 heterocycles. The number of amides is 1. The average Bonchev–Trinajstić information content (AvgIpc) is 3.13. The number of carbonyl (C=O) groups excluding carboxylic acids is 2. The van der Waals surface area contributed by atoms with Gasteiger partial charge in [0, 0.05) is 17.7 Å².